The fraction of sp³-hybridized carbons (Fsp3) is 0.0952. The summed E-state index contributed by atoms with van der Waals surface area (Å²) in [5.74, 6) is -1.06. The van der Waals surface area contributed by atoms with Crippen LogP contribution in [0.5, 0.6) is 0 Å². The molecule has 0 aliphatic heterocycles. The Morgan fingerprint density at radius 3 is 2.62 bits per heavy atom. The number of nitrogens with zero attached hydrogens (tertiary/aromatic N) is 4. The van der Waals surface area contributed by atoms with Gasteiger partial charge in [-0.05, 0) is 49.2 Å². The third-order valence-corrected chi connectivity index (χ3v) is 4.16. The van der Waals surface area contributed by atoms with E-state index in [2.05, 4.69) is 15.6 Å². The molecule has 0 aliphatic rings. The van der Waals surface area contributed by atoms with Gasteiger partial charge >= 0.3 is 0 Å². The van der Waals surface area contributed by atoms with Crippen LogP contribution in [0.25, 0.3) is 5.69 Å². The molecule has 0 radical (unpaired) electrons. The number of hydrogen-bond donors (Lipinski definition) is 1. The van der Waals surface area contributed by atoms with E-state index < -0.39 is 11.5 Å². The number of carbonyl (C=O) groups is 1. The van der Waals surface area contributed by atoms with Gasteiger partial charge in [0.05, 0.1) is 11.9 Å². The molecule has 1 amide bonds. The molecule has 29 heavy (non-hydrogen) atoms. The number of hydrogen-bond acceptors (Lipinski definition) is 5. The predicted molar refractivity (Wildman–Crippen MR) is 105 cm³/mol. The molecule has 1 N–H and O–H groups in total. The van der Waals surface area contributed by atoms with Gasteiger partial charge in [-0.2, -0.15) is 20.1 Å². The number of nitriles is 1. The lowest BCUT2D eigenvalue weighted by Crippen LogP contribution is -2.31. The molecular formula is C21H16FN5O2. The average molecular weight is 389 g/mol. The summed E-state index contributed by atoms with van der Waals surface area (Å²) in [6.07, 6.45) is 1.34. The van der Waals surface area contributed by atoms with Crippen molar-refractivity contribution < 1.29 is 9.18 Å². The standard InChI is InChI=1S/C21H16FN5O2/c1-13-4-3-5-17(10-13)27-21(29)18(11-23)14(2)19(26-27)20(28)25-24-12-15-6-8-16(22)9-7-15/h3-10,12H,1-2H3,(H,25,28)/b24-12+. The van der Waals surface area contributed by atoms with Crippen LogP contribution in [-0.4, -0.2) is 21.9 Å². The van der Waals surface area contributed by atoms with Crippen molar-refractivity contribution in [1.29, 1.82) is 5.26 Å². The normalized spacial score (nSPS) is 10.7. The monoisotopic (exact) mass is 389 g/mol. The zero-order chi connectivity index (χ0) is 21.0. The molecule has 1 aromatic heterocycles. The first-order valence-electron chi connectivity index (χ1n) is 8.60. The highest BCUT2D eigenvalue weighted by Crippen LogP contribution is 2.12. The van der Waals surface area contributed by atoms with Gasteiger partial charge in [0.15, 0.2) is 5.69 Å². The van der Waals surface area contributed by atoms with Gasteiger partial charge in [-0.15, -0.1) is 0 Å². The van der Waals surface area contributed by atoms with Crippen molar-refractivity contribution in [3.05, 3.63) is 92.6 Å². The van der Waals surface area contributed by atoms with E-state index in [0.29, 0.717) is 11.3 Å². The van der Waals surface area contributed by atoms with E-state index in [1.807, 2.05) is 19.1 Å². The molecule has 0 aliphatic carbocycles. The van der Waals surface area contributed by atoms with Gasteiger partial charge in [0, 0.05) is 5.56 Å². The van der Waals surface area contributed by atoms with E-state index in [1.165, 1.54) is 37.4 Å². The number of nitrogens with one attached hydrogen (secondary N) is 1. The Balaban J connectivity index is 1.97. The third-order valence-electron chi connectivity index (χ3n) is 4.16. The molecule has 0 fully saturated rings. The molecule has 0 bridgehead atoms. The van der Waals surface area contributed by atoms with E-state index in [4.69, 9.17) is 0 Å². The minimum absolute atomic E-state index is 0.0982. The molecule has 144 valence electrons. The maximum atomic E-state index is 12.9. The maximum Gasteiger partial charge on any atom is 0.292 e. The van der Waals surface area contributed by atoms with Crippen molar-refractivity contribution in [3.8, 4) is 11.8 Å². The zero-order valence-electron chi connectivity index (χ0n) is 15.7. The topological polar surface area (TPSA) is 100 Å². The fourth-order valence-corrected chi connectivity index (χ4v) is 2.65. The summed E-state index contributed by atoms with van der Waals surface area (Å²) in [7, 11) is 0. The quantitative estimate of drug-likeness (QED) is 0.548. The summed E-state index contributed by atoms with van der Waals surface area (Å²) in [5.41, 5.74) is 3.51. The highest BCUT2D eigenvalue weighted by molar-refractivity contribution is 5.94. The Labute approximate surface area is 165 Å². The number of aryl methyl sites for hydroxylation is 1. The Morgan fingerprint density at radius 2 is 1.97 bits per heavy atom. The van der Waals surface area contributed by atoms with Crippen molar-refractivity contribution in [1.82, 2.24) is 15.2 Å². The van der Waals surface area contributed by atoms with E-state index in [9.17, 15) is 19.2 Å². The van der Waals surface area contributed by atoms with Gasteiger partial charge < -0.3 is 0 Å². The number of rotatable bonds is 4. The van der Waals surface area contributed by atoms with Crippen LogP contribution in [0.2, 0.25) is 0 Å². The van der Waals surface area contributed by atoms with E-state index in [-0.39, 0.29) is 22.6 Å². The second-order valence-corrected chi connectivity index (χ2v) is 6.27. The Kier molecular flexibility index (Phi) is 5.60. The number of amides is 1. The highest BCUT2D eigenvalue weighted by atomic mass is 19.1. The fourth-order valence-electron chi connectivity index (χ4n) is 2.65. The number of halogens is 1. The van der Waals surface area contributed by atoms with E-state index >= 15 is 0 Å². The molecule has 1 heterocycles. The number of benzene rings is 2. The minimum atomic E-state index is -0.682. The van der Waals surface area contributed by atoms with Crippen molar-refractivity contribution in [2.75, 3.05) is 0 Å². The smallest absolute Gasteiger partial charge is 0.266 e. The first kappa shape index (κ1) is 19.6. The molecule has 3 rings (SSSR count). The van der Waals surface area contributed by atoms with Crippen LogP contribution < -0.4 is 11.0 Å². The van der Waals surface area contributed by atoms with Crippen molar-refractivity contribution >= 4 is 12.1 Å². The molecule has 3 aromatic rings. The lowest BCUT2D eigenvalue weighted by molar-refractivity contribution is 0.0947. The molecule has 2 aromatic carbocycles. The second kappa shape index (κ2) is 8.27. The van der Waals surface area contributed by atoms with Crippen molar-refractivity contribution in [2.45, 2.75) is 13.8 Å². The molecule has 0 spiro atoms. The van der Waals surface area contributed by atoms with Gasteiger partial charge in [-0.25, -0.2) is 9.82 Å². The summed E-state index contributed by atoms with van der Waals surface area (Å²) in [6, 6.07) is 14.4. The van der Waals surface area contributed by atoms with Crippen LogP contribution in [-0.2, 0) is 0 Å². The third kappa shape index (κ3) is 4.25. The summed E-state index contributed by atoms with van der Waals surface area (Å²) in [4.78, 5) is 25.2. The molecule has 8 heteroatoms. The highest BCUT2D eigenvalue weighted by Gasteiger charge is 2.20. The summed E-state index contributed by atoms with van der Waals surface area (Å²) < 4.78 is 14.0. The molecule has 0 saturated carbocycles. The number of carbonyl (C=O) groups excluding carboxylic acids is 1. The first-order chi connectivity index (χ1) is 13.9. The Morgan fingerprint density at radius 1 is 1.24 bits per heavy atom. The van der Waals surface area contributed by atoms with Gasteiger partial charge in [0.25, 0.3) is 11.5 Å². The molecule has 7 nitrogen and oxygen atoms in total. The summed E-state index contributed by atoms with van der Waals surface area (Å²) in [6.45, 7) is 3.33. The largest absolute Gasteiger partial charge is 0.292 e. The lowest BCUT2D eigenvalue weighted by atomic mass is 10.1. The van der Waals surface area contributed by atoms with Crippen molar-refractivity contribution in [2.24, 2.45) is 5.10 Å². The average Bonchev–Trinajstić information content (AvgIpc) is 2.70. The van der Waals surface area contributed by atoms with E-state index in [1.54, 1.807) is 18.2 Å². The zero-order valence-corrected chi connectivity index (χ0v) is 15.7. The van der Waals surface area contributed by atoms with E-state index in [0.717, 1.165) is 10.2 Å². The Hall–Kier alpha value is -4.12. The maximum absolute atomic E-state index is 12.9. The minimum Gasteiger partial charge on any atom is -0.266 e. The van der Waals surface area contributed by atoms with Crippen LogP contribution in [0.15, 0.2) is 58.4 Å². The van der Waals surface area contributed by atoms with Crippen LogP contribution in [0.4, 0.5) is 4.39 Å². The van der Waals surface area contributed by atoms with Crippen LogP contribution in [0.3, 0.4) is 0 Å². The predicted octanol–water partition coefficient (Wildman–Crippen LogP) is 2.62. The number of aromatic nitrogens is 2. The first-order valence-corrected chi connectivity index (χ1v) is 8.60. The van der Waals surface area contributed by atoms with Crippen LogP contribution in [0, 0.1) is 31.0 Å². The second-order valence-electron chi connectivity index (χ2n) is 6.27. The SMILES string of the molecule is Cc1cccc(-n2nc(C(=O)N/N=C/c3ccc(F)cc3)c(C)c(C#N)c2=O)c1. The Bertz CT molecular complexity index is 1210. The summed E-state index contributed by atoms with van der Waals surface area (Å²) in [5, 5.41) is 17.4. The molecule has 0 saturated heterocycles. The van der Waals surface area contributed by atoms with Crippen LogP contribution >= 0.6 is 0 Å². The molecular weight excluding hydrogens is 373 g/mol. The number of hydrazone groups is 1. The van der Waals surface area contributed by atoms with Crippen LogP contribution in [0.1, 0.15) is 32.7 Å². The van der Waals surface area contributed by atoms with Gasteiger partial charge in [0.2, 0.25) is 0 Å². The molecule has 0 unspecified atom stereocenters. The van der Waals surface area contributed by atoms with Gasteiger partial charge in [-0.3, -0.25) is 9.59 Å². The molecule has 0 atom stereocenters. The van der Waals surface area contributed by atoms with Gasteiger partial charge in [0.1, 0.15) is 17.4 Å². The van der Waals surface area contributed by atoms with Gasteiger partial charge in [-0.1, -0.05) is 24.3 Å². The lowest BCUT2D eigenvalue weighted by Gasteiger charge is -2.11. The summed E-state index contributed by atoms with van der Waals surface area (Å²) >= 11 is 0. The van der Waals surface area contributed by atoms with Crippen molar-refractivity contribution in [3.63, 3.8) is 0 Å².